The Kier molecular flexibility index (Phi) is 2.42. The molecule has 78 valence electrons. The van der Waals surface area contributed by atoms with Crippen molar-refractivity contribution in [2.75, 3.05) is 0 Å². The van der Waals surface area contributed by atoms with Gasteiger partial charge in [-0.15, -0.1) is 0 Å². The molecule has 1 aromatic heterocycles. The molecule has 1 saturated carbocycles. The van der Waals surface area contributed by atoms with E-state index in [-0.39, 0.29) is 0 Å². The van der Waals surface area contributed by atoms with Crippen LogP contribution in [0.3, 0.4) is 0 Å². The van der Waals surface area contributed by atoms with E-state index in [2.05, 4.69) is 50.6 Å². The summed E-state index contributed by atoms with van der Waals surface area (Å²) in [4.78, 5) is 0. The molecule has 1 heterocycles. The van der Waals surface area contributed by atoms with Gasteiger partial charge in [0, 0.05) is 8.96 Å². The van der Waals surface area contributed by atoms with E-state index in [0.29, 0.717) is 6.04 Å². The average Bonchev–Trinajstić information content (AvgIpc) is 2.83. The number of rotatable bonds is 1. The minimum absolute atomic E-state index is 0.640. The van der Waals surface area contributed by atoms with Crippen LogP contribution in [-0.4, -0.2) is 9.78 Å². The summed E-state index contributed by atoms with van der Waals surface area (Å²) in [6, 6.07) is 7.18. The molecule has 0 radical (unpaired) electrons. The fourth-order valence-corrected chi connectivity index (χ4v) is 2.93. The van der Waals surface area contributed by atoms with Crippen LogP contribution in [0.5, 0.6) is 0 Å². The number of fused-ring (bicyclic) bond motifs is 1. The zero-order valence-corrected chi connectivity index (χ0v) is 10.6. The molecule has 3 rings (SSSR count). The predicted octanol–water partition coefficient (Wildman–Crippen LogP) is 3.76. The smallest absolute Gasteiger partial charge is 0.0696 e. The first-order valence-corrected chi connectivity index (χ1v) is 6.55. The van der Waals surface area contributed by atoms with Crippen LogP contribution in [-0.2, 0) is 0 Å². The molecule has 0 unspecified atom stereocenters. The minimum Gasteiger partial charge on any atom is -0.262 e. The highest BCUT2D eigenvalue weighted by Crippen LogP contribution is 2.31. The highest BCUT2D eigenvalue weighted by atomic mass is 127. The maximum absolute atomic E-state index is 4.53. The van der Waals surface area contributed by atoms with Gasteiger partial charge in [0.1, 0.15) is 0 Å². The number of benzene rings is 1. The van der Waals surface area contributed by atoms with Gasteiger partial charge in [-0.25, -0.2) is 0 Å². The van der Waals surface area contributed by atoms with Crippen molar-refractivity contribution in [1.29, 1.82) is 0 Å². The van der Waals surface area contributed by atoms with Gasteiger partial charge >= 0.3 is 0 Å². The molecule has 0 spiro atoms. The van der Waals surface area contributed by atoms with Crippen molar-refractivity contribution in [3.05, 3.63) is 28.0 Å². The molecule has 0 bridgehead atoms. The molecule has 0 aliphatic heterocycles. The Labute approximate surface area is 103 Å². The Morgan fingerprint density at radius 3 is 2.87 bits per heavy atom. The van der Waals surface area contributed by atoms with Gasteiger partial charge in [0.2, 0.25) is 0 Å². The van der Waals surface area contributed by atoms with Crippen LogP contribution >= 0.6 is 22.6 Å². The van der Waals surface area contributed by atoms with E-state index in [9.17, 15) is 0 Å². The lowest BCUT2D eigenvalue weighted by Gasteiger charge is -2.11. The third-order valence-corrected chi connectivity index (χ3v) is 3.90. The molecule has 2 aromatic rings. The van der Waals surface area contributed by atoms with Gasteiger partial charge < -0.3 is 0 Å². The van der Waals surface area contributed by atoms with E-state index in [0.717, 1.165) is 0 Å². The molecule has 3 heteroatoms. The van der Waals surface area contributed by atoms with E-state index in [4.69, 9.17) is 0 Å². The SMILES string of the molecule is Ic1ccc2cnn(C3CCCC3)c2c1. The van der Waals surface area contributed by atoms with Gasteiger partial charge in [-0.1, -0.05) is 18.9 Å². The molecule has 2 nitrogen and oxygen atoms in total. The Balaban J connectivity index is 2.13. The normalized spacial score (nSPS) is 17.7. The minimum atomic E-state index is 0.640. The zero-order valence-electron chi connectivity index (χ0n) is 8.49. The Morgan fingerprint density at radius 1 is 1.27 bits per heavy atom. The quantitative estimate of drug-likeness (QED) is 0.733. The third-order valence-electron chi connectivity index (χ3n) is 3.23. The van der Waals surface area contributed by atoms with Crippen molar-refractivity contribution in [2.24, 2.45) is 0 Å². The van der Waals surface area contributed by atoms with Crippen molar-refractivity contribution in [3.8, 4) is 0 Å². The number of hydrogen-bond donors (Lipinski definition) is 0. The Bertz CT molecular complexity index is 483. The van der Waals surface area contributed by atoms with Gasteiger partial charge in [0.25, 0.3) is 0 Å². The largest absolute Gasteiger partial charge is 0.262 e. The van der Waals surface area contributed by atoms with Crippen LogP contribution in [0.15, 0.2) is 24.4 Å². The highest BCUT2D eigenvalue weighted by Gasteiger charge is 2.19. The highest BCUT2D eigenvalue weighted by molar-refractivity contribution is 14.1. The second kappa shape index (κ2) is 3.77. The van der Waals surface area contributed by atoms with Crippen molar-refractivity contribution in [2.45, 2.75) is 31.7 Å². The van der Waals surface area contributed by atoms with Crippen LogP contribution in [0.1, 0.15) is 31.7 Å². The summed E-state index contributed by atoms with van der Waals surface area (Å²) in [6.07, 6.45) is 7.29. The van der Waals surface area contributed by atoms with Gasteiger partial charge in [0.05, 0.1) is 17.8 Å². The first-order valence-electron chi connectivity index (χ1n) is 5.47. The van der Waals surface area contributed by atoms with Crippen LogP contribution < -0.4 is 0 Å². The molecule has 1 aromatic carbocycles. The first kappa shape index (κ1) is 9.63. The summed E-state index contributed by atoms with van der Waals surface area (Å²) in [5, 5.41) is 5.80. The first-order chi connectivity index (χ1) is 7.34. The van der Waals surface area contributed by atoms with Crippen LogP contribution in [0.25, 0.3) is 10.9 Å². The summed E-state index contributed by atoms with van der Waals surface area (Å²) in [6.45, 7) is 0. The van der Waals surface area contributed by atoms with E-state index >= 15 is 0 Å². The Hall–Kier alpha value is -0.580. The summed E-state index contributed by atoms with van der Waals surface area (Å²) in [5.41, 5.74) is 1.30. The number of nitrogens with zero attached hydrogens (tertiary/aromatic N) is 2. The number of halogens is 1. The Morgan fingerprint density at radius 2 is 2.07 bits per heavy atom. The van der Waals surface area contributed by atoms with E-state index in [1.807, 2.05) is 6.20 Å². The molecule has 0 atom stereocenters. The monoisotopic (exact) mass is 312 g/mol. The second-order valence-electron chi connectivity index (χ2n) is 4.23. The molecule has 0 amide bonds. The van der Waals surface area contributed by atoms with E-state index < -0.39 is 0 Å². The average molecular weight is 312 g/mol. The lowest BCUT2D eigenvalue weighted by atomic mass is 10.2. The molecular formula is C12H13IN2. The van der Waals surface area contributed by atoms with Gasteiger partial charge in [-0.05, 0) is 47.6 Å². The molecule has 15 heavy (non-hydrogen) atoms. The maximum Gasteiger partial charge on any atom is 0.0696 e. The van der Waals surface area contributed by atoms with Gasteiger partial charge in [-0.2, -0.15) is 5.10 Å². The standard InChI is InChI=1S/C12H13IN2/c13-10-6-5-9-8-14-15(12(9)7-10)11-3-1-2-4-11/h5-8,11H,1-4H2. The van der Waals surface area contributed by atoms with Crippen molar-refractivity contribution in [1.82, 2.24) is 9.78 Å². The molecule has 1 aliphatic carbocycles. The summed E-state index contributed by atoms with van der Waals surface area (Å²) in [7, 11) is 0. The fraction of sp³-hybridized carbons (Fsp3) is 0.417. The van der Waals surface area contributed by atoms with Gasteiger partial charge in [-0.3, -0.25) is 4.68 Å². The van der Waals surface area contributed by atoms with E-state index in [1.54, 1.807) is 0 Å². The van der Waals surface area contributed by atoms with Crippen molar-refractivity contribution >= 4 is 33.5 Å². The molecule has 1 fully saturated rings. The maximum atomic E-state index is 4.53. The second-order valence-corrected chi connectivity index (χ2v) is 5.48. The lowest BCUT2D eigenvalue weighted by Crippen LogP contribution is -2.05. The summed E-state index contributed by atoms with van der Waals surface area (Å²) in [5.74, 6) is 0. The number of hydrogen-bond acceptors (Lipinski definition) is 1. The topological polar surface area (TPSA) is 17.8 Å². The van der Waals surface area contributed by atoms with Crippen LogP contribution in [0.4, 0.5) is 0 Å². The van der Waals surface area contributed by atoms with E-state index in [1.165, 1.54) is 40.2 Å². The molecule has 0 saturated heterocycles. The van der Waals surface area contributed by atoms with Crippen LogP contribution in [0, 0.1) is 3.57 Å². The molecule has 0 N–H and O–H groups in total. The van der Waals surface area contributed by atoms with Crippen molar-refractivity contribution < 1.29 is 0 Å². The van der Waals surface area contributed by atoms with Crippen molar-refractivity contribution in [3.63, 3.8) is 0 Å². The zero-order chi connectivity index (χ0) is 10.3. The number of aromatic nitrogens is 2. The fourth-order valence-electron chi connectivity index (χ4n) is 2.45. The molecule has 1 aliphatic rings. The summed E-state index contributed by atoms with van der Waals surface area (Å²) >= 11 is 2.36. The van der Waals surface area contributed by atoms with Gasteiger partial charge in [0.15, 0.2) is 0 Å². The molecular weight excluding hydrogens is 299 g/mol. The summed E-state index contributed by atoms with van der Waals surface area (Å²) < 4.78 is 3.52. The lowest BCUT2D eigenvalue weighted by molar-refractivity contribution is 0.482. The predicted molar refractivity (Wildman–Crippen MR) is 70.0 cm³/mol. The third kappa shape index (κ3) is 1.67. The van der Waals surface area contributed by atoms with Crippen LogP contribution in [0.2, 0.25) is 0 Å².